The van der Waals surface area contributed by atoms with Crippen LogP contribution in [0.5, 0.6) is 0 Å². The number of hydrogen-bond donors (Lipinski definition) is 1. The van der Waals surface area contributed by atoms with E-state index in [4.69, 9.17) is 10.5 Å². The molecule has 1 aromatic heterocycles. The molecule has 19 heavy (non-hydrogen) atoms. The summed E-state index contributed by atoms with van der Waals surface area (Å²) in [5.74, 6) is 2.02. The van der Waals surface area contributed by atoms with E-state index in [9.17, 15) is 0 Å². The summed E-state index contributed by atoms with van der Waals surface area (Å²) in [6, 6.07) is 0. The topological polar surface area (TPSA) is 64.3 Å². The average molecular weight is 262 g/mol. The number of nitrogens with two attached hydrogens (primary N) is 1. The van der Waals surface area contributed by atoms with Crippen LogP contribution in [0.1, 0.15) is 30.7 Å². The van der Waals surface area contributed by atoms with Gasteiger partial charge in [-0.05, 0) is 43.2 Å². The zero-order valence-corrected chi connectivity index (χ0v) is 11.3. The van der Waals surface area contributed by atoms with Crippen LogP contribution in [0.3, 0.4) is 0 Å². The van der Waals surface area contributed by atoms with E-state index in [1.54, 1.807) is 0 Å². The highest BCUT2D eigenvalue weighted by Crippen LogP contribution is 2.27. The SMILES string of the molecule is NCC1CCN(c2ncc(C3CCOCC3)cn2)C1. The molecule has 0 radical (unpaired) electrons. The summed E-state index contributed by atoms with van der Waals surface area (Å²) < 4.78 is 5.39. The lowest BCUT2D eigenvalue weighted by molar-refractivity contribution is 0.0852. The maximum Gasteiger partial charge on any atom is 0.225 e. The van der Waals surface area contributed by atoms with Gasteiger partial charge in [0.1, 0.15) is 0 Å². The van der Waals surface area contributed by atoms with Crippen LogP contribution in [-0.2, 0) is 4.74 Å². The molecule has 0 aromatic carbocycles. The third-order valence-electron chi connectivity index (χ3n) is 4.25. The highest BCUT2D eigenvalue weighted by molar-refractivity contribution is 5.32. The van der Waals surface area contributed by atoms with Gasteiger partial charge in [-0.25, -0.2) is 9.97 Å². The molecule has 3 rings (SSSR count). The first-order valence-electron chi connectivity index (χ1n) is 7.21. The summed E-state index contributed by atoms with van der Waals surface area (Å²) in [6.45, 7) is 4.50. The molecule has 104 valence electrons. The molecule has 0 spiro atoms. The predicted molar refractivity (Wildman–Crippen MR) is 74.2 cm³/mol. The average Bonchev–Trinajstić information content (AvgIpc) is 2.97. The van der Waals surface area contributed by atoms with E-state index in [2.05, 4.69) is 14.9 Å². The van der Waals surface area contributed by atoms with Gasteiger partial charge in [-0.2, -0.15) is 0 Å². The van der Waals surface area contributed by atoms with Crippen LogP contribution in [0, 0.1) is 5.92 Å². The Morgan fingerprint density at radius 1 is 1.21 bits per heavy atom. The highest BCUT2D eigenvalue weighted by atomic mass is 16.5. The Labute approximate surface area is 114 Å². The maximum absolute atomic E-state index is 5.72. The van der Waals surface area contributed by atoms with Gasteiger partial charge < -0.3 is 15.4 Å². The van der Waals surface area contributed by atoms with Crippen LogP contribution < -0.4 is 10.6 Å². The summed E-state index contributed by atoms with van der Waals surface area (Å²) in [5, 5.41) is 0. The van der Waals surface area contributed by atoms with Crippen molar-refractivity contribution in [2.75, 3.05) is 37.7 Å². The Kier molecular flexibility index (Phi) is 3.94. The number of anilines is 1. The molecule has 0 aliphatic carbocycles. The molecular weight excluding hydrogens is 240 g/mol. The molecule has 1 unspecified atom stereocenters. The third-order valence-corrected chi connectivity index (χ3v) is 4.25. The normalized spacial score (nSPS) is 24.9. The lowest BCUT2D eigenvalue weighted by atomic mass is 9.94. The van der Waals surface area contributed by atoms with Crippen molar-refractivity contribution in [2.45, 2.75) is 25.2 Å². The molecule has 5 nitrogen and oxygen atoms in total. The van der Waals surface area contributed by atoms with Gasteiger partial charge in [-0.3, -0.25) is 0 Å². The van der Waals surface area contributed by atoms with Crippen molar-refractivity contribution in [3.05, 3.63) is 18.0 Å². The second-order valence-corrected chi connectivity index (χ2v) is 5.54. The molecule has 3 heterocycles. The van der Waals surface area contributed by atoms with Gasteiger partial charge >= 0.3 is 0 Å². The third kappa shape index (κ3) is 2.87. The smallest absolute Gasteiger partial charge is 0.225 e. The van der Waals surface area contributed by atoms with Gasteiger partial charge in [0.15, 0.2) is 0 Å². The van der Waals surface area contributed by atoms with Gasteiger partial charge in [0.05, 0.1) is 0 Å². The van der Waals surface area contributed by atoms with Crippen LogP contribution in [0.15, 0.2) is 12.4 Å². The predicted octanol–water partition coefficient (Wildman–Crippen LogP) is 1.16. The van der Waals surface area contributed by atoms with E-state index in [0.29, 0.717) is 11.8 Å². The van der Waals surface area contributed by atoms with E-state index in [1.807, 2.05) is 12.4 Å². The highest BCUT2D eigenvalue weighted by Gasteiger charge is 2.23. The van der Waals surface area contributed by atoms with Crippen LogP contribution >= 0.6 is 0 Å². The minimum atomic E-state index is 0.568. The zero-order valence-electron chi connectivity index (χ0n) is 11.3. The minimum absolute atomic E-state index is 0.568. The van der Waals surface area contributed by atoms with Crippen molar-refractivity contribution in [3.63, 3.8) is 0 Å². The summed E-state index contributed by atoms with van der Waals surface area (Å²) >= 11 is 0. The fourth-order valence-corrected chi connectivity index (χ4v) is 2.94. The van der Waals surface area contributed by atoms with Crippen molar-refractivity contribution in [2.24, 2.45) is 11.7 Å². The van der Waals surface area contributed by atoms with Crippen LogP contribution in [-0.4, -0.2) is 42.8 Å². The van der Waals surface area contributed by atoms with Crippen molar-refractivity contribution in [1.82, 2.24) is 9.97 Å². The first-order chi connectivity index (χ1) is 9.36. The first kappa shape index (κ1) is 12.8. The van der Waals surface area contributed by atoms with E-state index in [1.165, 1.54) is 5.56 Å². The lowest BCUT2D eigenvalue weighted by Crippen LogP contribution is -2.24. The molecule has 2 fully saturated rings. The zero-order chi connectivity index (χ0) is 13.1. The standard InChI is InChI=1S/C14H22N4O/c15-7-11-1-4-18(10-11)14-16-8-13(9-17-14)12-2-5-19-6-3-12/h8-9,11-12H,1-7,10,15H2. The molecule has 0 bridgehead atoms. The largest absolute Gasteiger partial charge is 0.381 e. The molecule has 0 saturated carbocycles. The Morgan fingerprint density at radius 3 is 2.58 bits per heavy atom. The molecule has 5 heteroatoms. The second kappa shape index (κ2) is 5.84. The van der Waals surface area contributed by atoms with Crippen molar-refractivity contribution in [3.8, 4) is 0 Å². The van der Waals surface area contributed by atoms with Crippen LogP contribution in [0.25, 0.3) is 0 Å². The summed E-state index contributed by atoms with van der Waals surface area (Å²) in [6.07, 6.45) is 7.31. The number of rotatable bonds is 3. The Bertz CT molecular complexity index is 402. The molecule has 2 aliphatic rings. The van der Waals surface area contributed by atoms with E-state index >= 15 is 0 Å². The maximum atomic E-state index is 5.72. The number of hydrogen-bond acceptors (Lipinski definition) is 5. The van der Waals surface area contributed by atoms with Gasteiger partial charge in [0.25, 0.3) is 0 Å². The van der Waals surface area contributed by atoms with Crippen LogP contribution in [0.2, 0.25) is 0 Å². The Morgan fingerprint density at radius 2 is 1.95 bits per heavy atom. The van der Waals surface area contributed by atoms with Gasteiger partial charge in [0, 0.05) is 38.7 Å². The quantitative estimate of drug-likeness (QED) is 0.885. The summed E-state index contributed by atoms with van der Waals surface area (Å²) in [7, 11) is 0. The molecule has 0 amide bonds. The lowest BCUT2D eigenvalue weighted by Gasteiger charge is -2.22. The van der Waals surface area contributed by atoms with Gasteiger partial charge in [-0.1, -0.05) is 0 Å². The van der Waals surface area contributed by atoms with E-state index in [-0.39, 0.29) is 0 Å². The summed E-state index contributed by atoms with van der Waals surface area (Å²) in [5.41, 5.74) is 6.97. The van der Waals surface area contributed by atoms with E-state index < -0.39 is 0 Å². The Balaban J connectivity index is 1.65. The fraction of sp³-hybridized carbons (Fsp3) is 0.714. The number of aromatic nitrogens is 2. The second-order valence-electron chi connectivity index (χ2n) is 5.54. The van der Waals surface area contributed by atoms with Gasteiger partial charge in [0.2, 0.25) is 5.95 Å². The fourth-order valence-electron chi connectivity index (χ4n) is 2.94. The molecule has 1 atom stereocenters. The summed E-state index contributed by atoms with van der Waals surface area (Å²) in [4.78, 5) is 11.3. The molecule has 2 N–H and O–H groups in total. The minimum Gasteiger partial charge on any atom is -0.381 e. The van der Waals surface area contributed by atoms with Crippen molar-refractivity contribution >= 4 is 5.95 Å². The molecule has 1 aromatic rings. The number of ether oxygens (including phenoxy) is 1. The van der Waals surface area contributed by atoms with E-state index in [0.717, 1.165) is 58.1 Å². The first-order valence-corrected chi connectivity index (χ1v) is 7.21. The number of nitrogens with zero attached hydrogens (tertiary/aromatic N) is 3. The van der Waals surface area contributed by atoms with Crippen molar-refractivity contribution in [1.29, 1.82) is 0 Å². The van der Waals surface area contributed by atoms with Gasteiger partial charge in [-0.15, -0.1) is 0 Å². The Hall–Kier alpha value is -1.20. The molecule has 2 saturated heterocycles. The molecule has 2 aliphatic heterocycles. The van der Waals surface area contributed by atoms with Crippen molar-refractivity contribution < 1.29 is 4.74 Å². The monoisotopic (exact) mass is 262 g/mol. The van der Waals surface area contributed by atoms with Crippen LogP contribution in [0.4, 0.5) is 5.95 Å². The molecular formula is C14H22N4O.